The minimum atomic E-state index is -3.84. The molecule has 0 aliphatic carbocycles. The van der Waals surface area contributed by atoms with Crippen molar-refractivity contribution in [1.82, 2.24) is 14.5 Å². The molecule has 3 aliphatic heterocycles. The van der Waals surface area contributed by atoms with Crippen molar-refractivity contribution in [2.45, 2.75) is 49.1 Å². The molecule has 2 saturated heterocycles. The van der Waals surface area contributed by atoms with Crippen LogP contribution in [0.15, 0.2) is 35.2 Å². The molecule has 190 valence electrons. The minimum Gasteiger partial charge on any atom is -0.322 e. The molecule has 0 saturated carbocycles. The van der Waals surface area contributed by atoms with Gasteiger partial charge in [0.15, 0.2) is 0 Å². The van der Waals surface area contributed by atoms with E-state index in [-0.39, 0.29) is 59.8 Å². The van der Waals surface area contributed by atoms with Gasteiger partial charge < -0.3 is 4.90 Å². The molecule has 2 aromatic rings. The van der Waals surface area contributed by atoms with Crippen molar-refractivity contribution in [3.63, 3.8) is 0 Å². The first-order valence-electron chi connectivity index (χ1n) is 11.5. The number of carbonyl (C=O) groups excluding carboxylic acids is 3. The van der Waals surface area contributed by atoms with Gasteiger partial charge >= 0.3 is 0 Å². The van der Waals surface area contributed by atoms with E-state index in [2.05, 4.69) is 5.32 Å². The maximum absolute atomic E-state index is 15.1. The van der Waals surface area contributed by atoms with Crippen LogP contribution >= 0.6 is 23.2 Å². The van der Waals surface area contributed by atoms with Gasteiger partial charge in [0.1, 0.15) is 16.8 Å². The molecule has 12 heteroatoms. The van der Waals surface area contributed by atoms with E-state index in [1.165, 1.54) is 33.5 Å². The number of hydrogen-bond donors (Lipinski definition) is 1. The van der Waals surface area contributed by atoms with Gasteiger partial charge in [0.05, 0.1) is 5.02 Å². The van der Waals surface area contributed by atoms with Gasteiger partial charge in [-0.25, -0.2) is 12.8 Å². The molecule has 2 aromatic carbocycles. The average molecular weight is 554 g/mol. The van der Waals surface area contributed by atoms with Gasteiger partial charge in [-0.05, 0) is 60.6 Å². The third-order valence-corrected chi connectivity index (χ3v) is 9.66. The highest BCUT2D eigenvalue weighted by atomic mass is 35.5. The molecule has 3 heterocycles. The number of halogens is 3. The number of fused-ring (bicyclic) bond motifs is 1. The topological polar surface area (TPSA) is 104 Å². The number of nitrogens with zero attached hydrogens (tertiary/aromatic N) is 2. The molecular weight excluding hydrogens is 532 g/mol. The van der Waals surface area contributed by atoms with E-state index < -0.39 is 33.7 Å². The zero-order chi connectivity index (χ0) is 25.8. The predicted molar refractivity (Wildman–Crippen MR) is 130 cm³/mol. The van der Waals surface area contributed by atoms with Crippen molar-refractivity contribution in [2.75, 3.05) is 13.1 Å². The Bertz CT molecular complexity index is 1390. The molecule has 0 radical (unpaired) electrons. The third kappa shape index (κ3) is 4.40. The summed E-state index contributed by atoms with van der Waals surface area (Å²) in [5.41, 5.74) is 1.25. The molecular formula is C24H22Cl2FN3O5S. The van der Waals surface area contributed by atoms with Crippen LogP contribution in [0.5, 0.6) is 0 Å². The van der Waals surface area contributed by atoms with Crippen molar-refractivity contribution in [1.29, 1.82) is 0 Å². The van der Waals surface area contributed by atoms with Crippen LogP contribution in [0, 0.1) is 5.82 Å². The maximum Gasteiger partial charge on any atom is 0.255 e. The van der Waals surface area contributed by atoms with Gasteiger partial charge in [0.2, 0.25) is 21.8 Å². The van der Waals surface area contributed by atoms with Crippen LogP contribution in [0.2, 0.25) is 10.0 Å². The average Bonchev–Trinajstić information content (AvgIpc) is 3.13. The molecule has 36 heavy (non-hydrogen) atoms. The second-order valence-electron chi connectivity index (χ2n) is 9.18. The summed E-state index contributed by atoms with van der Waals surface area (Å²) >= 11 is 12.0. The Morgan fingerprint density at radius 1 is 1.00 bits per heavy atom. The fourth-order valence-corrected chi connectivity index (χ4v) is 7.37. The normalized spacial score (nSPS) is 21.6. The number of amides is 3. The second-order valence-corrected chi connectivity index (χ2v) is 11.9. The summed E-state index contributed by atoms with van der Waals surface area (Å²) < 4.78 is 42.6. The van der Waals surface area contributed by atoms with E-state index in [4.69, 9.17) is 23.2 Å². The lowest BCUT2D eigenvalue weighted by Gasteiger charge is -2.32. The van der Waals surface area contributed by atoms with Crippen LogP contribution in [0.4, 0.5) is 4.39 Å². The van der Waals surface area contributed by atoms with Crippen LogP contribution in [0.1, 0.15) is 53.1 Å². The van der Waals surface area contributed by atoms with Crippen LogP contribution in [-0.2, 0) is 26.2 Å². The summed E-state index contributed by atoms with van der Waals surface area (Å²) in [6.07, 6.45) is 1.15. The molecule has 2 fully saturated rings. The molecule has 0 spiro atoms. The van der Waals surface area contributed by atoms with E-state index >= 15 is 4.39 Å². The molecule has 8 nitrogen and oxygen atoms in total. The number of hydrogen-bond acceptors (Lipinski definition) is 5. The van der Waals surface area contributed by atoms with Crippen LogP contribution in [0.3, 0.4) is 0 Å². The largest absolute Gasteiger partial charge is 0.322 e. The minimum absolute atomic E-state index is 0.0252. The summed E-state index contributed by atoms with van der Waals surface area (Å²) in [5, 5.41) is 2.62. The first-order valence-corrected chi connectivity index (χ1v) is 13.7. The van der Waals surface area contributed by atoms with Crippen molar-refractivity contribution in [3.8, 4) is 0 Å². The number of imide groups is 1. The molecule has 0 aromatic heterocycles. The number of benzene rings is 2. The summed E-state index contributed by atoms with van der Waals surface area (Å²) in [7, 11) is -3.84. The van der Waals surface area contributed by atoms with E-state index in [9.17, 15) is 22.8 Å². The number of carbonyl (C=O) groups is 3. The summed E-state index contributed by atoms with van der Waals surface area (Å²) in [4.78, 5) is 38.0. The third-order valence-electron chi connectivity index (χ3n) is 7.05. The van der Waals surface area contributed by atoms with E-state index in [1.54, 1.807) is 6.07 Å². The van der Waals surface area contributed by atoms with Gasteiger partial charge in [-0.3, -0.25) is 19.7 Å². The van der Waals surface area contributed by atoms with Crippen molar-refractivity contribution < 1.29 is 27.2 Å². The Morgan fingerprint density at radius 2 is 1.72 bits per heavy atom. The van der Waals surface area contributed by atoms with Crippen molar-refractivity contribution in [3.05, 3.63) is 62.9 Å². The van der Waals surface area contributed by atoms with Gasteiger partial charge in [-0.15, -0.1) is 0 Å². The maximum atomic E-state index is 15.1. The lowest BCUT2D eigenvalue weighted by atomic mass is 9.88. The zero-order valence-electron chi connectivity index (χ0n) is 19.0. The van der Waals surface area contributed by atoms with E-state index in [0.717, 1.165) is 0 Å². The SMILES string of the molecule is O=C1CCC(N2Cc3cc(C4CCN(S(=O)(=O)c5ccc(Cl)cc5Cl)CC4)c(F)cc3C2=O)C(=O)N1. The molecule has 5 rings (SSSR count). The molecule has 3 aliphatic rings. The number of nitrogens with one attached hydrogen (secondary N) is 1. The van der Waals surface area contributed by atoms with Gasteiger partial charge in [0, 0.05) is 36.6 Å². The Balaban J connectivity index is 1.32. The van der Waals surface area contributed by atoms with Crippen LogP contribution in [0.25, 0.3) is 0 Å². The van der Waals surface area contributed by atoms with E-state index in [0.29, 0.717) is 29.0 Å². The summed E-state index contributed by atoms with van der Waals surface area (Å²) in [6.45, 7) is 0.517. The van der Waals surface area contributed by atoms with E-state index in [1.807, 2.05) is 0 Å². The molecule has 3 amide bonds. The molecule has 1 unspecified atom stereocenters. The fraction of sp³-hybridized carbons (Fsp3) is 0.375. The highest BCUT2D eigenvalue weighted by Crippen LogP contribution is 2.37. The summed E-state index contributed by atoms with van der Waals surface area (Å²) in [5.74, 6) is -2.11. The molecule has 1 N–H and O–H groups in total. The standard InChI is InChI=1S/C24H22Cl2FN3O5S/c25-15-1-3-21(18(26)10-15)36(34,35)29-7-5-13(6-8-29)16-9-14-12-30(24(33)17(14)11-19(16)27)20-2-4-22(31)28-23(20)32/h1,3,9-11,13,20H,2,4-8,12H2,(H,28,31,32). The van der Waals surface area contributed by atoms with Crippen LogP contribution in [-0.4, -0.2) is 54.5 Å². The summed E-state index contributed by atoms with van der Waals surface area (Å²) in [6, 6.07) is 6.29. The zero-order valence-corrected chi connectivity index (χ0v) is 21.3. The second kappa shape index (κ2) is 9.41. The quantitative estimate of drug-likeness (QED) is 0.584. The first kappa shape index (κ1) is 25.1. The lowest BCUT2D eigenvalue weighted by molar-refractivity contribution is -0.136. The Kier molecular flexibility index (Phi) is 6.57. The Labute approximate surface area is 217 Å². The fourth-order valence-electron chi connectivity index (χ4n) is 5.15. The number of rotatable bonds is 4. The monoisotopic (exact) mass is 553 g/mol. The highest BCUT2D eigenvalue weighted by molar-refractivity contribution is 7.89. The predicted octanol–water partition coefficient (Wildman–Crippen LogP) is 3.46. The lowest BCUT2D eigenvalue weighted by Crippen LogP contribution is -2.52. The molecule has 0 bridgehead atoms. The number of piperidine rings is 2. The first-order chi connectivity index (χ1) is 17.1. The van der Waals surface area contributed by atoms with Crippen LogP contribution < -0.4 is 5.32 Å². The number of sulfonamides is 1. The van der Waals surface area contributed by atoms with Crippen molar-refractivity contribution in [2.24, 2.45) is 0 Å². The Hall–Kier alpha value is -2.53. The smallest absolute Gasteiger partial charge is 0.255 e. The van der Waals surface area contributed by atoms with Gasteiger partial charge in [0.25, 0.3) is 5.91 Å². The van der Waals surface area contributed by atoms with Gasteiger partial charge in [-0.2, -0.15) is 4.31 Å². The van der Waals surface area contributed by atoms with Gasteiger partial charge in [-0.1, -0.05) is 29.3 Å². The highest BCUT2D eigenvalue weighted by Gasteiger charge is 2.40. The Morgan fingerprint density at radius 3 is 2.39 bits per heavy atom. The van der Waals surface area contributed by atoms with Crippen molar-refractivity contribution >= 4 is 50.9 Å². The molecule has 1 atom stereocenters.